The van der Waals surface area contributed by atoms with E-state index in [1.807, 2.05) is 38.1 Å². The highest BCUT2D eigenvalue weighted by atomic mass is 16.5. The largest absolute Gasteiger partial charge is 0.497 e. The van der Waals surface area contributed by atoms with Crippen LogP contribution in [0.3, 0.4) is 0 Å². The molecule has 1 rings (SSSR count). The lowest BCUT2D eigenvalue weighted by molar-refractivity contribution is -0.142. The van der Waals surface area contributed by atoms with Gasteiger partial charge in [0.15, 0.2) is 0 Å². The van der Waals surface area contributed by atoms with E-state index in [1.54, 1.807) is 14.0 Å². The summed E-state index contributed by atoms with van der Waals surface area (Å²) in [7, 11) is 1.63. The Morgan fingerprint density at radius 2 is 2.00 bits per heavy atom. The van der Waals surface area contributed by atoms with Gasteiger partial charge in [0, 0.05) is 12.1 Å². The summed E-state index contributed by atoms with van der Waals surface area (Å²) in [5.74, 6) is -0.397. The maximum Gasteiger partial charge on any atom is 0.307 e. The molecule has 0 aliphatic heterocycles. The molecule has 0 saturated carbocycles. The maximum atomic E-state index is 10.9. The molecule has 3 atom stereocenters. The third kappa shape index (κ3) is 3.74. The van der Waals surface area contributed by atoms with Crippen molar-refractivity contribution >= 4 is 5.97 Å². The normalized spacial score (nSPS) is 15.8. The molecule has 0 radical (unpaired) electrons. The molecule has 4 nitrogen and oxygen atoms in total. The monoisotopic (exact) mass is 251 g/mol. The number of aliphatic carboxylic acids is 1. The summed E-state index contributed by atoms with van der Waals surface area (Å²) < 4.78 is 5.17. The summed E-state index contributed by atoms with van der Waals surface area (Å²) in [5, 5.41) is 12.3. The van der Waals surface area contributed by atoms with Crippen molar-refractivity contribution < 1.29 is 14.6 Å². The second-order valence-corrected chi connectivity index (χ2v) is 4.58. The van der Waals surface area contributed by atoms with E-state index in [4.69, 9.17) is 9.84 Å². The van der Waals surface area contributed by atoms with E-state index >= 15 is 0 Å². The number of methoxy groups -OCH3 is 1. The smallest absolute Gasteiger partial charge is 0.307 e. The number of nitrogens with one attached hydrogen (secondary N) is 1. The van der Waals surface area contributed by atoms with Crippen LogP contribution < -0.4 is 10.1 Å². The molecule has 0 aliphatic rings. The zero-order valence-corrected chi connectivity index (χ0v) is 11.3. The average Bonchev–Trinajstić information content (AvgIpc) is 2.37. The molecule has 2 unspecified atom stereocenters. The Morgan fingerprint density at radius 3 is 2.56 bits per heavy atom. The summed E-state index contributed by atoms with van der Waals surface area (Å²) in [4.78, 5) is 10.9. The molecule has 0 aliphatic carbocycles. The summed E-state index contributed by atoms with van der Waals surface area (Å²) in [6.45, 7) is 5.60. The summed E-state index contributed by atoms with van der Waals surface area (Å²) in [6, 6.07) is 7.76. The molecule has 100 valence electrons. The predicted octanol–water partition coefficient (Wildman–Crippen LogP) is 2.46. The van der Waals surface area contributed by atoms with E-state index in [9.17, 15) is 4.79 Å². The highest BCUT2D eigenvalue weighted by Crippen LogP contribution is 2.20. The molecular weight excluding hydrogens is 230 g/mol. The Kier molecular flexibility index (Phi) is 5.16. The Morgan fingerprint density at radius 1 is 1.33 bits per heavy atom. The fourth-order valence-corrected chi connectivity index (χ4v) is 1.76. The van der Waals surface area contributed by atoms with Gasteiger partial charge in [-0.3, -0.25) is 4.79 Å². The van der Waals surface area contributed by atoms with Gasteiger partial charge < -0.3 is 15.2 Å². The first-order valence-corrected chi connectivity index (χ1v) is 6.08. The van der Waals surface area contributed by atoms with Crippen molar-refractivity contribution in [3.05, 3.63) is 29.8 Å². The molecule has 0 spiro atoms. The Bertz CT molecular complexity index is 406. The second kappa shape index (κ2) is 6.40. The molecular formula is C14H21NO3. The minimum Gasteiger partial charge on any atom is -0.497 e. The van der Waals surface area contributed by atoms with E-state index < -0.39 is 11.9 Å². The molecule has 0 bridgehead atoms. The number of carboxylic acids is 1. The number of carboxylic acid groups (broad SMARTS) is 1. The van der Waals surface area contributed by atoms with Crippen LogP contribution in [0.4, 0.5) is 0 Å². The van der Waals surface area contributed by atoms with Gasteiger partial charge in [0.2, 0.25) is 0 Å². The zero-order chi connectivity index (χ0) is 13.7. The summed E-state index contributed by atoms with van der Waals surface area (Å²) in [5.41, 5.74) is 1.08. The Balaban J connectivity index is 2.69. The van der Waals surface area contributed by atoms with E-state index in [2.05, 4.69) is 5.32 Å². The lowest BCUT2D eigenvalue weighted by Gasteiger charge is -2.23. The van der Waals surface area contributed by atoms with Crippen molar-refractivity contribution in [1.82, 2.24) is 5.32 Å². The van der Waals surface area contributed by atoms with Gasteiger partial charge in [-0.1, -0.05) is 19.1 Å². The van der Waals surface area contributed by atoms with Crippen molar-refractivity contribution in [3.63, 3.8) is 0 Å². The van der Waals surface area contributed by atoms with E-state index in [0.29, 0.717) is 0 Å². The zero-order valence-electron chi connectivity index (χ0n) is 11.3. The lowest BCUT2D eigenvalue weighted by Crippen LogP contribution is -2.37. The van der Waals surface area contributed by atoms with Gasteiger partial charge in [-0.15, -0.1) is 0 Å². The van der Waals surface area contributed by atoms with E-state index in [-0.39, 0.29) is 12.1 Å². The van der Waals surface area contributed by atoms with Crippen molar-refractivity contribution in [1.29, 1.82) is 0 Å². The van der Waals surface area contributed by atoms with Gasteiger partial charge in [-0.05, 0) is 31.5 Å². The molecule has 0 heterocycles. The van der Waals surface area contributed by atoms with Gasteiger partial charge in [0.05, 0.1) is 13.0 Å². The fourth-order valence-electron chi connectivity index (χ4n) is 1.76. The number of hydrogen-bond donors (Lipinski definition) is 2. The molecule has 2 N–H and O–H groups in total. The fraction of sp³-hybridized carbons (Fsp3) is 0.500. The lowest BCUT2D eigenvalue weighted by atomic mass is 10.0. The first kappa shape index (κ1) is 14.5. The van der Waals surface area contributed by atoms with Crippen LogP contribution in [0, 0.1) is 5.92 Å². The van der Waals surface area contributed by atoms with Crippen LogP contribution in [-0.2, 0) is 4.79 Å². The van der Waals surface area contributed by atoms with Crippen molar-refractivity contribution in [2.75, 3.05) is 7.11 Å². The molecule has 0 saturated heterocycles. The topological polar surface area (TPSA) is 58.6 Å². The van der Waals surface area contributed by atoms with Crippen LogP contribution in [0.25, 0.3) is 0 Å². The molecule has 1 aromatic rings. The quantitative estimate of drug-likeness (QED) is 0.815. The van der Waals surface area contributed by atoms with Crippen LogP contribution in [0.5, 0.6) is 5.75 Å². The van der Waals surface area contributed by atoms with Gasteiger partial charge >= 0.3 is 5.97 Å². The van der Waals surface area contributed by atoms with Crippen LogP contribution in [0.15, 0.2) is 24.3 Å². The van der Waals surface area contributed by atoms with Crippen LogP contribution in [-0.4, -0.2) is 24.2 Å². The number of carbonyl (C=O) groups is 1. The van der Waals surface area contributed by atoms with Crippen molar-refractivity contribution in [3.8, 4) is 5.75 Å². The minimum atomic E-state index is -0.784. The first-order valence-electron chi connectivity index (χ1n) is 6.08. The van der Waals surface area contributed by atoms with Crippen molar-refractivity contribution in [2.24, 2.45) is 5.92 Å². The predicted molar refractivity (Wildman–Crippen MR) is 70.8 cm³/mol. The third-order valence-corrected chi connectivity index (χ3v) is 3.25. The van der Waals surface area contributed by atoms with Crippen molar-refractivity contribution in [2.45, 2.75) is 32.9 Å². The third-order valence-electron chi connectivity index (χ3n) is 3.25. The Labute approximate surface area is 108 Å². The molecule has 18 heavy (non-hydrogen) atoms. The Hall–Kier alpha value is -1.55. The molecule has 0 aromatic heterocycles. The molecule has 1 aromatic carbocycles. The average molecular weight is 251 g/mol. The van der Waals surface area contributed by atoms with Gasteiger partial charge in [0.1, 0.15) is 5.75 Å². The summed E-state index contributed by atoms with van der Waals surface area (Å²) >= 11 is 0. The van der Waals surface area contributed by atoms with Gasteiger partial charge in [-0.2, -0.15) is 0 Å². The van der Waals surface area contributed by atoms with Crippen LogP contribution in [0.2, 0.25) is 0 Å². The van der Waals surface area contributed by atoms with Crippen LogP contribution >= 0.6 is 0 Å². The van der Waals surface area contributed by atoms with E-state index in [0.717, 1.165) is 11.3 Å². The number of ether oxygens (including phenoxy) is 1. The first-order chi connectivity index (χ1) is 8.45. The van der Waals surface area contributed by atoms with E-state index in [1.165, 1.54) is 0 Å². The number of hydrogen-bond acceptors (Lipinski definition) is 3. The van der Waals surface area contributed by atoms with Gasteiger partial charge in [-0.25, -0.2) is 0 Å². The number of rotatable bonds is 6. The maximum absolute atomic E-state index is 10.9. The number of benzene rings is 1. The second-order valence-electron chi connectivity index (χ2n) is 4.58. The summed E-state index contributed by atoms with van der Waals surface area (Å²) in [6.07, 6.45) is 0. The van der Waals surface area contributed by atoms with Gasteiger partial charge in [0.25, 0.3) is 0 Å². The molecule has 4 heteroatoms. The minimum absolute atomic E-state index is 0.0805. The molecule has 0 fully saturated rings. The molecule has 0 amide bonds. The standard InChI is InChI=1S/C14H21NO3/c1-9(14(16)17)10(2)15-11(3)12-6-5-7-13(8-12)18-4/h5-11,15H,1-4H3,(H,16,17)/t9?,10?,11-/m1/s1. The highest BCUT2D eigenvalue weighted by molar-refractivity contribution is 5.70. The van der Waals surface area contributed by atoms with Crippen LogP contribution in [0.1, 0.15) is 32.4 Å². The SMILES string of the molecule is COc1cccc([C@@H](C)NC(C)C(C)C(=O)O)c1. The highest BCUT2D eigenvalue weighted by Gasteiger charge is 2.21.